The van der Waals surface area contributed by atoms with Crippen LogP contribution in [0.1, 0.15) is 46.7 Å². The lowest BCUT2D eigenvalue weighted by atomic mass is 10.1. The molecule has 1 aliphatic rings. The number of nitrogens with one attached hydrogen (secondary N) is 1. The molecule has 1 saturated carbocycles. The maximum Gasteiger partial charge on any atom is 0.248 e. The lowest BCUT2D eigenvalue weighted by Gasteiger charge is -2.03. The summed E-state index contributed by atoms with van der Waals surface area (Å²) in [6.07, 6.45) is 4.30. The summed E-state index contributed by atoms with van der Waals surface area (Å²) in [7, 11) is 0. The van der Waals surface area contributed by atoms with Crippen molar-refractivity contribution in [3.8, 4) is 0 Å². The summed E-state index contributed by atoms with van der Waals surface area (Å²) in [4.78, 5) is 22.9. The highest BCUT2D eigenvalue weighted by Crippen LogP contribution is 2.47. The molecule has 124 valence electrons. The van der Waals surface area contributed by atoms with E-state index in [-0.39, 0.29) is 5.91 Å². The lowest BCUT2D eigenvalue weighted by Crippen LogP contribution is -2.20. The second-order valence-electron chi connectivity index (χ2n) is 6.17. The number of furan rings is 1. The van der Waals surface area contributed by atoms with E-state index in [2.05, 4.69) is 12.2 Å². The normalized spacial score (nSPS) is 19.4. The second kappa shape index (κ2) is 6.74. The number of nitrogens with two attached hydrogens (primary N) is 1. The molecule has 0 unspecified atom stereocenters. The van der Waals surface area contributed by atoms with E-state index < -0.39 is 5.91 Å². The van der Waals surface area contributed by atoms with Crippen molar-refractivity contribution in [3.63, 3.8) is 0 Å². The zero-order valence-corrected chi connectivity index (χ0v) is 13.5. The molecule has 2 amide bonds. The largest absolute Gasteiger partial charge is 0.461 e. The number of hydrogen-bond acceptors (Lipinski definition) is 3. The summed E-state index contributed by atoms with van der Waals surface area (Å²) in [5, 5.41) is 2.78. The highest BCUT2D eigenvalue weighted by atomic mass is 16.3. The molecule has 24 heavy (non-hydrogen) atoms. The van der Waals surface area contributed by atoms with E-state index in [4.69, 9.17) is 10.2 Å². The summed E-state index contributed by atoms with van der Waals surface area (Å²) in [6, 6.07) is 10.7. The van der Waals surface area contributed by atoms with Crippen LogP contribution in [0.4, 0.5) is 0 Å². The van der Waals surface area contributed by atoms with Crippen LogP contribution in [-0.4, -0.2) is 11.8 Å². The molecule has 1 aromatic heterocycles. The number of rotatable bonds is 6. The van der Waals surface area contributed by atoms with Crippen molar-refractivity contribution in [2.24, 2.45) is 11.7 Å². The Hall–Kier alpha value is -2.82. The molecule has 3 N–H and O–H groups in total. The van der Waals surface area contributed by atoms with Crippen molar-refractivity contribution in [3.05, 3.63) is 65.1 Å². The number of primary amides is 1. The number of hydrogen-bond donors (Lipinski definition) is 2. The van der Waals surface area contributed by atoms with E-state index in [9.17, 15) is 9.59 Å². The Morgan fingerprint density at radius 2 is 1.96 bits per heavy atom. The smallest absolute Gasteiger partial charge is 0.248 e. The van der Waals surface area contributed by atoms with E-state index in [1.165, 1.54) is 12.5 Å². The third-order valence-corrected chi connectivity index (χ3v) is 4.23. The Kier molecular flexibility index (Phi) is 4.51. The minimum absolute atomic E-state index is 0.202. The highest BCUT2D eigenvalue weighted by Gasteiger charge is 2.36. The average molecular weight is 324 g/mol. The molecule has 1 heterocycles. The van der Waals surface area contributed by atoms with Crippen LogP contribution in [-0.2, 0) is 11.3 Å². The monoisotopic (exact) mass is 324 g/mol. The maximum absolute atomic E-state index is 11.9. The molecular weight excluding hydrogens is 304 g/mol. The first-order valence-corrected chi connectivity index (χ1v) is 7.97. The first-order chi connectivity index (χ1) is 11.5. The molecular formula is C19H20N2O3. The summed E-state index contributed by atoms with van der Waals surface area (Å²) < 4.78 is 5.72. The van der Waals surface area contributed by atoms with Gasteiger partial charge in [0.25, 0.3) is 0 Å². The van der Waals surface area contributed by atoms with Crippen LogP contribution in [0.25, 0.3) is 6.08 Å². The summed E-state index contributed by atoms with van der Waals surface area (Å²) in [5.41, 5.74) is 6.53. The Morgan fingerprint density at radius 3 is 2.58 bits per heavy atom. The van der Waals surface area contributed by atoms with Gasteiger partial charge < -0.3 is 15.5 Å². The van der Waals surface area contributed by atoms with Crippen LogP contribution in [0.15, 0.2) is 46.9 Å². The predicted octanol–water partition coefficient (Wildman–Crippen LogP) is 2.83. The van der Waals surface area contributed by atoms with Gasteiger partial charge in [-0.15, -0.1) is 0 Å². The van der Waals surface area contributed by atoms with Crippen molar-refractivity contribution < 1.29 is 14.0 Å². The van der Waals surface area contributed by atoms with Gasteiger partial charge in [-0.1, -0.05) is 19.1 Å². The molecule has 3 rings (SSSR count). The quantitative estimate of drug-likeness (QED) is 0.801. The Bertz CT molecular complexity index is 774. The zero-order chi connectivity index (χ0) is 17.1. The Labute approximate surface area is 140 Å². The van der Waals surface area contributed by atoms with Gasteiger partial charge in [-0.25, -0.2) is 0 Å². The van der Waals surface area contributed by atoms with Crippen LogP contribution in [0.5, 0.6) is 0 Å². The third kappa shape index (κ3) is 3.93. The fourth-order valence-electron chi connectivity index (χ4n) is 2.57. The fraction of sp³-hybridized carbons (Fsp3) is 0.263. The molecule has 1 aliphatic carbocycles. The van der Waals surface area contributed by atoms with Crippen LogP contribution in [0.3, 0.4) is 0 Å². The van der Waals surface area contributed by atoms with E-state index in [0.29, 0.717) is 29.7 Å². The average Bonchev–Trinajstić information content (AvgIpc) is 3.11. The Balaban J connectivity index is 1.50. The van der Waals surface area contributed by atoms with E-state index in [0.717, 1.165) is 11.3 Å². The van der Waals surface area contributed by atoms with Crippen LogP contribution >= 0.6 is 0 Å². The number of carbonyl (C=O) groups excluding carboxylic acids is 2. The lowest BCUT2D eigenvalue weighted by molar-refractivity contribution is -0.116. The topological polar surface area (TPSA) is 85.3 Å². The summed E-state index contributed by atoms with van der Waals surface area (Å²) >= 11 is 0. The van der Waals surface area contributed by atoms with Crippen LogP contribution in [0, 0.1) is 5.92 Å². The highest BCUT2D eigenvalue weighted by molar-refractivity contribution is 5.93. The molecule has 0 bridgehead atoms. The summed E-state index contributed by atoms with van der Waals surface area (Å²) in [5.74, 6) is 2.24. The van der Waals surface area contributed by atoms with Gasteiger partial charge in [-0.3, -0.25) is 9.59 Å². The van der Waals surface area contributed by atoms with Gasteiger partial charge in [0.2, 0.25) is 11.8 Å². The molecule has 5 heteroatoms. The number of benzene rings is 1. The molecule has 0 spiro atoms. The molecule has 5 nitrogen and oxygen atoms in total. The van der Waals surface area contributed by atoms with Gasteiger partial charge in [0.15, 0.2) is 0 Å². The third-order valence-electron chi connectivity index (χ3n) is 4.23. The van der Waals surface area contributed by atoms with Crippen LogP contribution in [0.2, 0.25) is 0 Å². The van der Waals surface area contributed by atoms with Crippen molar-refractivity contribution in [1.82, 2.24) is 5.32 Å². The number of amides is 2. The minimum Gasteiger partial charge on any atom is -0.461 e. The maximum atomic E-state index is 11.9. The van der Waals surface area contributed by atoms with Gasteiger partial charge >= 0.3 is 0 Å². The van der Waals surface area contributed by atoms with Gasteiger partial charge in [0.1, 0.15) is 11.5 Å². The molecule has 1 aromatic carbocycles. The first kappa shape index (κ1) is 16.1. The molecule has 0 radical (unpaired) electrons. The zero-order valence-electron chi connectivity index (χ0n) is 13.5. The van der Waals surface area contributed by atoms with Crippen molar-refractivity contribution >= 4 is 17.9 Å². The predicted molar refractivity (Wildman–Crippen MR) is 91.1 cm³/mol. The van der Waals surface area contributed by atoms with Gasteiger partial charge in [-0.2, -0.15) is 0 Å². The van der Waals surface area contributed by atoms with Crippen LogP contribution < -0.4 is 11.1 Å². The standard InChI is InChI=1S/C19H20N2O3/c1-12-10-16(12)17-8-6-15(24-17)7-9-18(22)21-11-13-2-4-14(5-3-13)19(20)23/h2-9,12,16H,10-11H2,1H3,(H2,20,23)(H,21,22)/b9-7+/t12-,16-/m0/s1. The first-order valence-electron chi connectivity index (χ1n) is 7.97. The van der Waals surface area contributed by atoms with Gasteiger partial charge in [0.05, 0.1) is 0 Å². The van der Waals surface area contributed by atoms with E-state index in [1.807, 2.05) is 12.1 Å². The van der Waals surface area contributed by atoms with Crippen molar-refractivity contribution in [1.29, 1.82) is 0 Å². The molecule has 2 atom stereocenters. The second-order valence-corrected chi connectivity index (χ2v) is 6.17. The Morgan fingerprint density at radius 1 is 1.25 bits per heavy atom. The van der Waals surface area contributed by atoms with E-state index >= 15 is 0 Å². The minimum atomic E-state index is -0.466. The molecule has 0 saturated heterocycles. The van der Waals surface area contributed by atoms with Gasteiger partial charge in [0, 0.05) is 24.1 Å². The fourth-order valence-corrected chi connectivity index (χ4v) is 2.57. The summed E-state index contributed by atoms with van der Waals surface area (Å²) in [6.45, 7) is 2.58. The number of carbonyl (C=O) groups is 2. The van der Waals surface area contributed by atoms with Crippen molar-refractivity contribution in [2.75, 3.05) is 0 Å². The SMILES string of the molecule is C[C@H]1C[C@@H]1c1ccc(/C=C/C(=O)NCc2ccc(C(N)=O)cc2)o1. The molecule has 1 fully saturated rings. The van der Waals surface area contributed by atoms with E-state index in [1.54, 1.807) is 30.3 Å². The molecule has 2 aromatic rings. The van der Waals surface area contributed by atoms with Gasteiger partial charge in [-0.05, 0) is 48.2 Å². The molecule has 0 aliphatic heterocycles. The van der Waals surface area contributed by atoms with Crippen molar-refractivity contribution in [2.45, 2.75) is 25.8 Å².